The van der Waals surface area contributed by atoms with Crippen LogP contribution in [0.2, 0.25) is 0 Å². The van der Waals surface area contributed by atoms with E-state index in [4.69, 9.17) is 0 Å². The van der Waals surface area contributed by atoms with E-state index >= 15 is 0 Å². The number of anilines is 1. The van der Waals surface area contributed by atoms with Crippen molar-refractivity contribution in [2.45, 2.75) is 26.5 Å². The van der Waals surface area contributed by atoms with Crippen molar-refractivity contribution in [1.29, 1.82) is 0 Å². The average Bonchev–Trinajstić information content (AvgIpc) is 2.26. The standard InChI is InChI=1S/C13H19FN2O2/c1-9(2)15-12(18)7-16(3)13-10(8-17)5-4-6-11(13)14/h4-6,9,17H,7-8H2,1-3H3,(H,15,18). The third-order valence-electron chi connectivity index (χ3n) is 2.45. The molecule has 4 nitrogen and oxygen atoms in total. The van der Waals surface area contributed by atoms with Gasteiger partial charge < -0.3 is 15.3 Å². The van der Waals surface area contributed by atoms with Gasteiger partial charge in [-0.05, 0) is 19.9 Å². The van der Waals surface area contributed by atoms with Gasteiger partial charge in [-0.25, -0.2) is 4.39 Å². The van der Waals surface area contributed by atoms with E-state index in [9.17, 15) is 14.3 Å². The zero-order chi connectivity index (χ0) is 13.7. The number of nitrogens with zero attached hydrogens (tertiary/aromatic N) is 1. The molecule has 0 aliphatic heterocycles. The second kappa shape index (κ2) is 6.35. The van der Waals surface area contributed by atoms with Gasteiger partial charge in [-0.1, -0.05) is 12.1 Å². The third kappa shape index (κ3) is 3.70. The minimum atomic E-state index is -0.443. The minimum Gasteiger partial charge on any atom is -0.392 e. The second-order valence-electron chi connectivity index (χ2n) is 4.48. The number of carbonyl (C=O) groups excluding carboxylic acids is 1. The minimum absolute atomic E-state index is 0.0452. The molecule has 100 valence electrons. The molecule has 0 aliphatic rings. The summed E-state index contributed by atoms with van der Waals surface area (Å²) in [5, 5.41) is 11.9. The summed E-state index contributed by atoms with van der Waals surface area (Å²) in [4.78, 5) is 13.1. The lowest BCUT2D eigenvalue weighted by molar-refractivity contribution is -0.120. The van der Waals surface area contributed by atoms with Gasteiger partial charge >= 0.3 is 0 Å². The number of amides is 1. The first-order chi connectivity index (χ1) is 8.45. The lowest BCUT2D eigenvalue weighted by atomic mass is 10.1. The molecule has 0 saturated heterocycles. The monoisotopic (exact) mass is 254 g/mol. The molecule has 1 amide bonds. The molecule has 0 saturated carbocycles. The molecule has 0 atom stereocenters. The number of nitrogens with one attached hydrogen (secondary N) is 1. The first-order valence-electron chi connectivity index (χ1n) is 5.84. The summed E-state index contributed by atoms with van der Waals surface area (Å²) in [5.41, 5.74) is 0.730. The predicted octanol–water partition coefficient (Wildman–Crippen LogP) is 1.28. The molecule has 1 rings (SSSR count). The predicted molar refractivity (Wildman–Crippen MR) is 68.9 cm³/mol. The molecule has 0 aromatic heterocycles. The highest BCUT2D eigenvalue weighted by Gasteiger charge is 2.15. The Hall–Kier alpha value is -1.62. The van der Waals surface area contributed by atoms with Gasteiger partial charge in [0.25, 0.3) is 0 Å². The van der Waals surface area contributed by atoms with Gasteiger partial charge in [0.15, 0.2) is 0 Å². The number of likely N-dealkylation sites (N-methyl/N-ethyl adjacent to an activating group) is 1. The fourth-order valence-corrected chi connectivity index (χ4v) is 1.78. The maximum atomic E-state index is 13.7. The van der Waals surface area contributed by atoms with Crippen LogP contribution in [-0.4, -0.2) is 30.6 Å². The van der Waals surface area contributed by atoms with Crippen LogP contribution in [0.4, 0.5) is 10.1 Å². The van der Waals surface area contributed by atoms with Crippen LogP contribution in [0, 0.1) is 5.82 Å². The summed E-state index contributed by atoms with van der Waals surface area (Å²) < 4.78 is 13.7. The Morgan fingerprint density at radius 1 is 1.50 bits per heavy atom. The van der Waals surface area contributed by atoms with Crippen LogP contribution in [0.3, 0.4) is 0 Å². The van der Waals surface area contributed by atoms with Crippen molar-refractivity contribution < 1.29 is 14.3 Å². The van der Waals surface area contributed by atoms with E-state index in [1.807, 2.05) is 13.8 Å². The molecule has 0 bridgehead atoms. The summed E-state index contributed by atoms with van der Waals surface area (Å²) in [5.74, 6) is -0.624. The van der Waals surface area contributed by atoms with Crippen LogP contribution in [-0.2, 0) is 11.4 Å². The van der Waals surface area contributed by atoms with Crippen molar-refractivity contribution in [2.24, 2.45) is 0 Å². The van der Waals surface area contributed by atoms with Crippen molar-refractivity contribution in [1.82, 2.24) is 5.32 Å². The second-order valence-corrected chi connectivity index (χ2v) is 4.48. The average molecular weight is 254 g/mol. The van der Waals surface area contributed by atoms with E-state index in [1.165, 1.54) is 17.0 Å². The zero-order valence-electron chi connectivity index (χ0n) is 10.9. The largest absolute Gasteiger partial charge is 0.392 e. The summed E-state index contributed by atoms with van der Waals surface area (Å²) >= 11 is 0. The first-order valence-corrected chi connectivity index (χ1v) is 5.84. The maximum Gasteiger partial charge on any atom is 0.239 e. The Morgan fingerprint density at radius 3 is 2.72 bits per heavy atom. The Labute approximate surface area is 106 Å². The van der Waals surface area contributed by atoms with Gasteiger partial charge in [0, 0.05) is 18.7 Å². The Bertz CT molecular complexity index is 421. The van der Waals surface area contributed by atoms with Crippen LogP contribution in [0.5, 0.6) is 0 Å². The van der Waals surface area contributed by atoms with Crippen molar-refractivity contribution >= 4 is 11.6 Å². The quantitative estimate of drug-likeness (QED) is 0.832. The lowest BCUT2D eigenvalue weighted by Gasteiger charge is -2.22. The van der Waals surface area contributed by atoms with Crippen molar-refractivity contribution in [2.75, 3.05) is 18.5 Å². The third-order valence-corrected chi connectivity index (χ3v) is 2.45. The smallest absolute Gasteiger partial charge is 0.239 e. The van der Waals surface area contributed by atoms with Crippen LogP contribution in [0.25, 0.3) is 0 Å². The normalized spacial score (nSPS) is 10.6. The van der Waals surface area contributed by atoms with Crippen LogP contribution in [0.1, 0.15) is 19.4 Å². The molecule has 0 fully saturated rings. The van der Waals surface area contributed by atoms with Crippen molar-refractivity contribution in [3.8, 4) is 0 Å². The highest BCUT2D eigenvalue weighted by Crippen LogP contribution is 2.23. The molecular formula is C13H19FN2O2. The topological polar surface area (TPSA) is 52.6 Å². The summed E-state index contributed by atoms with van der Waals surface area (Å²) in [6.07, 6.45) is 0. The maximum absolute atomic E-state index is 13.7. The van der Waals surface area contributed by atoms with Crippen LogP contribution in [0.15, 0.2) is 18.2 Å². The summed E-state index contributed by atoms with van der Waals surface area (Å²) in [6.45, 7) is 3.51. The molecule has 0 spiro atoms. The first kappa shape index (κ1) is 14.4. The van der Waals surface area contributed by atoms with Gasteiger partial charge in [-0.2, -0.15) is 0 Å². The Morgan fingerprint density at radius 2 is 2.17 bits per heavy atom. The molecule has 0 radical (unpaired) electrons. The Balaban J connectivity index is 2.84. The molecular weight excluding hydrogens is 235 g/mol. The Kier molecular flexibility index (Phi) is 5.09. The van der Waals surface area contributed by atoms with E-state index in [2.05, 4.69) is 5.32 Å². The van der Waals surface area contributed by atoms with Gasteiger partial charge in [-0.15, -0.1) is 0 Å². The van der Waals surface area contributed by atoms with Crippen molar-refractivity contribution in [3.05, 3.63) is 29.6 Å². The van der Waals surface area contributed by atoms with E-state index in [1.54, 1.807) is 13.1 Å². The fraction of sp³-hybridized carbons (Fsp3) is 0.462. The summed E-state index contributed by atoms with van der Waals surface area (Å²) in [6, 6.07) is 4.52. The molecule has 0 heterocycles. The van der Waals surface area contributed by atoms with Crippen LogP contribution >= 0.6 is 0 Å². The number of aliphatic hydroxyl groups excluding tert-OH is 1. The lowest BCUT2D eigenvalue weighted by Crippen LogP contribution is -2.39. The molecule has 1 aromatic rings. The van der Waals surface area contributed by atoms with E-state index in [-0.39, 0.29) is 30.8 Å². The molecule has 18 heavy (non-hydrogen) atoms. The number of carbonyl (C=O) groups is 1. The van der Waals surface area contributed by atoms with Crippen molar-refractivity contribution in [3.63, 3.8) is 0 Å². The zero-order valence-corrected chi connectivity index (χ0v) is 10.9. The highest BCUT2D eigenvalue weighted by molar-refractivity contribution is 5.81. The van der Waals surface area contributed by atoms with E-state index in [0.29, 0.717) is 5.56 Å². The number of hydrogen-bond acceptors (Lipinski definition) is 3. The number of aliphatic hydroxyl groups is 1. The number of halogens is 1. The van der Waals surface area contributed by atoms with Gasteiger partial charge in [-0.3, -0.25) is 4.79 Å². The number of benzene rings is 1. The fourth-order valence-electron chi connectivity index (χ4n) is 1.78. The van der Waals surface area contributed by atoms with Gasteiger partial charge in [0.05, 0.1) is 18.8 Å². The SMILES string of the molecule is CC(C)NC(=O)CN(C)c1c(F)cccc1CO. The molecule has 2 N–H and O–H groups in total. The van der Waals surface area contributed by atoms with Crippen LogP contribution < -0.4 is 10.2 Å². The van der Waals surface area contributed by atoms with Gasteiger partial charge in [0.1, 0.15) is 5.82 Å². The highest BCUT2D eigenvalue weighted by atomic mass is 19.1. The molecule has 1 aromatic carbocycles. The molecule has 0 aliphatic carbocycles. The number of rotatable bonds is 5. The van der Waals surface area contributed by atoms with E-state index < -0.39 is 5.82 Å². The molecule has 0 unspecified atom stereocenters. The summed E-state index contributed by atoms with van der Waals surface area (Å²) in [7, 11) is 1.62. The van der Waals surface area contributed by atoms with Gasteiger partial charge in [0.2, 0.25) is 5.91 Å². The van der Waals surface area contributed by atoms with E-state index in [0.717, 1.165) is 0 Å². The number of hydrogen-bond donors (Lipinski definition) is 2. The number of para-hydroxylation sites is 1. The molecule has 5 heteroatoms.